The van der Waals surface area contributed by atoms with Crippen molar-refractivity contribution in [1.29, 1.82) is 0 Å². The first-order valence-electron chi connectivity index (χ1n) is 7.02. The van der Waals surface area contributed by atoms with Gasteiger partial charge in [-0.1, -0.05) is 0 Å². The van der Waals surface area contributed by atoms with E-state index in [-0.39, 0.29) is 18.6 Å². The number of aliphatic hydroxyl groups excluding tert-OH is 1. The maximum Gasteiger partial charge on any atom is 0.257 e. The predicted molar refractivity (Wildman–Crippen MR) is 77.2 cm³/mol. The van der Waals surface area contributed by atoms with Crippen molar-refractivity contribution in [1.82, 2.24) is 9.88 Å². The van der Waals surface area contributed by atoms with Crippen molar-refractivity contribution in [2.75, 3.05) is 18.6 Å². The zero-order valence-electron chi connectivity index (χ0n) is 11.8. The molecule has 4 N–H and O–H groups in total. The highest BCUT2D eigenvalue weighted by Crippen LogP contribution is 2.27. The van der Waals surface area contributed by atoms with E-state index in [1.807, 2.05) is 11.8 Å². The average Bonchev–Trinajstić information content (AvgIpc) is 2.40. The highest BCUT2D eigenvalue weighted by Gasteiger charge is 2.30. The molecule has 6 nitrogen and oxygen atoms in total. The summed E-state index contributed by atoms with van der Waals surface area (Å²) in [5, 5.41) is 8.99. The fraction of sp³-hybridized carbons (Fsp3) is 0.571. The van der Waals surface area contributed by atoms with Crippen LogP contribution in [0.2, 0.25) is 0 Å². The van der Waals surface area contributed by atoms with Crippen LogP contribution in [0.4, 0.5) is 5.69 Å². The molecule has 110 valence electrons. The zero-order valence-corrected chi connectivity index (χ0v) is 11.8. The average molecular weight is 278 g/mol. The zero-order chi connectivity index (χ0) is 14.5. The summed E-state index contributed by atoms with van der Waals surface area (Å²) in [4.78, 5) is 18.7. The number of rotatable bonds is 6. The lowest BCUT2D eigenvalue weighted by atomic mass is 9.90. The number of carbonyl (C=O) groups excluding carboxylic acids is 1. The van der Waals surface area contributed by atoms with Gasteiger partial charge in [0.15, 0.2) is 0 Å². The first-order valence-corrected chi connectivity index (χ1v) is 7.02. The van der Waals surface area contributed by atoms with Crippen LogP contribution < -0.4 is 11.3 Å². The first kappa shape index (κ1) is 14.7. The minimum atomic E-state index is -0.0661. The van der Waals surface area contributed by atoms with Crippen LogP contribution in [0.25, 0.3) is 0 Å². The Labute approximate surface area is 119 Å². The second kappa shape index (κ2) is 6.67. The van der Waals surface area contributed by atoms with Gasteiger partial charge < -0.3 is 15.4 Å². The van der Waals surface area contributed by atoms with E-state index in [0.29, 0.717) is 24.2 Å². The summed E-state index contributed by atoms with van der Waals surface area (Å²) in [6.07, 6.45) is 5.37. The fourth-order valence-corrected chi connectivity index (χ4v) is 2.39. The van der Waals surface area contributed by atoms with Crippen LogP contribution in [-0.2, 0) is 0 Å². The number of hydrogen-bond acceptors (Lipinski definition) is 5. The maximum atomic E-state index is 12.7. The number of aryl methyl sites for hydroxylation is 1. The van der Waals surface area contributed by atoms with Gasteiger partial charge in [0, 0.05) is 31.1 Å². The smallest absolute Gasteiger partial charge is 0.257 e. The second-order valence-electron chi connectivity index (χ2n) is 5.18. The maximum absolute atomic E-state index is 12.7. The highest BCUT2D eigenvalue weighted by atomic mass is 16.3. The van der Waals surface area contributed by atoms with E-state index in [2.05, 4.69) is 10.4 Å². The molecule has 1 aromatic heterocycles. The molecule has 1 aliphatic rings. The van der Waals surface area contributed by atoms with E-state index < -0.39 is 0 Å². The lowest BCUT2D eigenvalue weighted by molar-refractivity contribution is 0.0563. The van der Waals surface area contributed by atoms with Gasteiger partial charge in [0.05, 0.1) is 11.3 Å². The summed E-state index contributed by atoms with van der Waals surface area (Å²) < 4.78 is 0. The Hall–Kier alpha value is -1.66. The summed E-state index contributed by atoms with van der Waals surface area (Å²) in [6, 6.07) is 2.04. The minimum Gasteiger partial charge on any atom is -0.396 e. The van der Waals surface area contributed by atoms with Crippen LogP contribution in [0.1, 0.15) is 41.7 Å². The normalized spacial score (nSPS) is 14.8. The molecular weight excluding hydrogens is 256 g/mol. The Morgan fingerprint density at radius 1 is 1.60 bits per heavy atom. The fourth-order valence-electron chi connectivity index (χ4n) is 2.39. The Bertz CT molecular complexity index is 474. The standard InChI is InChI=1S/C14H22N4O2/c1-10-8-13(17-15)12(9-16-10)14(20)18(6-3-7-19)11-4-2-5-11/h8-9,11,19H,2-7,15H2,1H3,(H,16,17). The Balaban J connectivity index is 2.21. The molecule has 20 heavy (non-hydrogen) atoms. The lowest BCUT2D eigenvalue weighted by Gasteiger charge is -2.37. The van der Waals surface area contributed by atoms with E-state index in [0.717, 1.165) is 25.0 Å². The number of nitrogens with one attached hydrogen (secondary N) is 1. The van der Waals surface area contributed by atoms with Gasteiger partial charge in [-0.05, 0) is 38.7 Å². The summed E-state index contributed by atoms with van der Waals surface area (Å²) >= 11 is 0. The third-order valence-corrected chi connectivity index (χ3v) is 3.76. The number of nitrogens with zero attached hydrogens (tertiary/aromatic N) is 2. The van der Waals surface area contributed by atoms with Crippen molar-refractivity contribution in [3.8, 4) is 0 Å². The van der Waals surface area contributed by atoms with Crippen molar-refractivity contribution in [3.63, 3.8) is 0 Å². The van der Waals surface area contributed by atoms with Gasteiger partial charge in [0.25, 0.3) is 5.91 Å². The van der Waals surface area contributed by atoms with Gasteiger partial charge in [-0.3, -0.25) is 15.6 Å². The molecule has 6 heteroatoms. The van der Waals surface area contributed by atoms with Crippen LogP contribution in [0.15, 0.2) is 12.3 Å². The minimum absolute atomic E-state index is 0.0661. The van der Waals surface area contributed by atoms with Crippen LogP contribution in [-0.4, -0.2) is 40.1 Å². The van der Waals surface area contributed by atoms with E-state index in [9.17, 15) is 4.79 Å². The number of nitrogen functional groups attached to an aromatic ring is 1. The number of pyridine rings is 1. The summed E-state index contributed by atoms with van der Waals surface area (Å²) in [7, 11) is 0. The van der Waals surface area contributed by atoms with Crippen LogP contribution in [0, 0.1) is 6.92 Å². The second-order valence-corrected chi connectivity index (χ2v) is 5.18. The number of nitrogens with two attached hydrogens (primary N) is 1. The van der Waals surface area contributed by atoms with Gasteiger partial charge in [0.1, 0.15) is 0 Å². The number of hydrazine groups is 1. The summed E-state index contributed by atoms with van der Waals surface area (Å²) in [5.41, 5.74) is 4.45. The number of anilines is 1. The number of aliphatic hydroxyl groups is 1. The first-order chi connectivity index (χ1) is 9.67. The Kier molecular flexibility index (Phi) is 4.92. The molecule has 2 rings (SSSR count). The molecule has 0 atom stereocenters. The van der Waals surface area contributed by atoms with Crippen molar-refractivity contribution in [2.45, 2.75) is 38.6 Å². The molecule has 1 saturated carbocycles. The van der Waals surface area contributed by atoms with E-state index >= 15 is 0 Å². The number of aromatic nitrogens is 1. The Morgan fingerprint density at radius 3 is 2.90 bits per heavy atom. The van der Waals surface area contributed by atoms with Crippen LogP contribution >= 0.6 is 0 Å². The van der Waals surface area contributed by atoms with E-state index in [1.54, 1.807) is 12.3 Å². The number of amides is 1. The van der Waals surface area contributed by atoms with Crippen molar-refractivity contribution < 1.29 is 9.90 Å². The molecule has 0 unspecified atom stereocenters. The molecule has 0 radical (unpaired) electrons. The summed E-state index contributed by atoms with van der Waals surface area (Å²) in [6.45, 7) is 2.51. The number of carbonyl (C=O) groups is 1. The topological polar surface area (TPSA) is 91.5 Å². The summed E-state index contributed by atoms with van der Waals surface area (Å²) in [5.74, 6) is 5.43. The third-order valence-electron chi connectivity index (χ3n) is 3.76. The molecule has 0 saturated heterocycles. The van der Waals surface area contributed by atoms with Gasteiger partial charge in [-0.25, -0.2) is 0 Å². The molecule has 0 spiro atoms. The molecule has 1 fully saturated rings. The highest BCUT2D eigenvalue weighted by molar-refractivity contribution is 5.99. The molecular formula is C14H22N4O2. The van der Waals surface area contributed by atoms with Gasteiger partial charge in [-0.2, -0.15) is 0 Å². The van der Waals surface area contributed by atoms with Gasteiger partial charge >= 0.3 is 0 Å². The van der Waals surface area contributed by atoms with Crippen molar-refractivity contribution in [2.24, 2.45) is 5.84 Å². The van der Waals surface area contributed by atoms with Gasteiger partial charge in [-0.15, -0.1) is 0 Å². The molecule has 1 heterocycles. The largest absolute Gasteiger partial charge is 0.396 e. The van der Waals surface area contributed by atoms with Crippen molar-refractivity contribution >= 4 is 11.6 Å². The van der Waals surface area contributed by atoms with E-state index in [1.165, 1.54) is 0 Å². The van der Waals surface area contributed by atoms with Crippen LogP contribution in [0.5, 0.6) is 0 Å². The molecule has 1 amide bonds. The quantitative estimate of drug-likeness (QED) is 0.534. The monoisotopic (exact) mass is 278 g/mol. The molecule has 0 aliphatic heterocycles. The molecule has 1 aromatic rings. The van der Waals surface area contributed by atoms with Gasteiger partial charge in [0.2, 0.25) is 0 Å². The molecule has 1 aliphatic carbocycles. The number of hydrogen-bond donors (Lipinski definition) is 3. The SMILES string of the molecule is Cc1cc(NN)c(C(=O)N(CCCO)C2CCC2)cn1. The molecule has 0 bridgehead atoms. The van der Waals surface area contributed by atoms with E-state index in [4.69, 9.17) is 10.9 Å². The van der Waals surface area contributed by atoms with Crippen LogP contribution in [0.3, 0.4) is 0 Å². The molecule has 0 aromatic carbocycles. The predicted octanol–water partition coefficient (Wildman–Crippen LogP) is 1.05. The lowest BCUT2D eigenvalue weighted by Crippen LogP contribution is -2.45. The Morgan fingerprint density at radius 2 is 2.35 bits per heavy atom. The third kappa shape index (κ3) is 3.08. The van der Waals surface area contributed by atoms with Crippen molar-refractivity contribution in [3.05, 3.63) is 23.5 Å².